The lowest BCUT2D eigenvalue weighted by molar-refractivity contribution is 0.433. The predicted molar refractivity (Wildman–Crippen MR) is 65.2 cm³/mol. The molecule has 0 fully saturated rings. The van der Waals surface area contributed by atoms with Crippen molar-refractivity contribution >= 4 is 18.2 Å². The van der Waals surface area contributed by atoms with Gasteiger partial charge in [-0.1, -0.05) is 26.7 Å². The van der Waals surface area contributed by atoms with Crippen LogP contribution >= 0.6 is 12.4 Å². The van der Waals surface area contributed by atoms with Gasteiger partial charge >= 0.3 is 0 Å². The molecule has 2 N–H and O–H groups in total. The second kappa shape index (κ2) is 7.10. The van der Waals surface area contributed by atoms with E-state index in [1.807, 2.05) is 0 Å². The number of aliphatic imine (C=N–C) groups is 1. The highest BCUT2D eigenvalue weighted by molar-refractivity contribution is 5.85. The van der Waals surface area contributed by atoms with Gasteiger partial charge in [-0.05, 0) is 25.2 Å². The van der Waals surface area contributed by atoms with E-state index in [-0.39, 0.29) is 12.4 Å². The molecule has 0 aromatic heterocycles. The maximum atomic E-state index is 5.79. The summed E-state index contributed by atoms with van der Waals surface area (Å²) in [6.07, 6.45) is 7.25. The Balaban J connectivity index is 0.00000169. The standard InChI is InChI=1S/C11H22N2.ClH/c1-3-9(2)8-10-6-4-5-7-11(12)13-10;/h9-10H,3-8H2,1-2H3,(H2,12,13);1H. The number of hydrogen-bond donors (Lipinski definition) is 1. The highest BCUT2D eigenvalue weighted by Gasteiger charge is 2.14. The van der Waals surface area contributed by atoms with Gasteiger partial charge < -0.3 is 5.73 Å². The highest BCUT2D eigenvalue weighted by atomic mass is 35.5. The number of rotatable bonds is 3. The number of hydrogen-bond acceptors (Lipinski definition) is 2. The maximum Gasteiger partial charge on any atom is 0.0940 e. The van der Waals surface area contributed by atoms with Crippen LogP contribution < -0.4 is 5.73 Å². The van der Waals surface area contributed by atoms with Crippen molar-refractivity contribution in [2.45, 2.75) is 58.4 Å². The average molecular weight is 219 g/mol. The SMILES string of the molecule is CCC(C)CC1CCCCC(N)=N1.Cl. The molecule has 2 unspecified atom stereocenters. The molecule has 0 aliphatic carbocycles. The Labute approximate surface area is 93.8 Å². The van der Waals surface area contributed by atoms with Crippen LogP contribution in [-0.4, -0.2) is 11.9 Å². The van der Waals surface area contributed by atoms with E-state index in [0.29, 0.717) is 6.04 Å². The van der Waals surface area contributed by atoms with Crippen LogP contribution in [0.4, 0.5) is 0 Å². The number of nitrogens with zero attached hydrogens (tertiary/aromatic N) is 1. The molecular weight excluding hydrogens is 196 g/mol. The van der Waals surface area contributed by atoms with E-state index in [2.05, 4.69) is 18.8 Å². The molecule has 1 heterocycles. The number of nitrogens with two attached hydrogens (primary N) is 1. The van der Waals surface area contributed by atoms with Crippen molar-refractivity contribution in [1.82, 2.24) is 0 Å². The Morgan fingerprint density at radius 2 is 2.21 bits per heavy atom. The Hall–Kier alpha value is -0.240. The third-order valence-electron chi connectivity index (χ3n) is 2.94. The van der Waals surface area contributed by atoms with Crippen molar-refractivity contribution in [2.24, 2.45) is 16.6 Å². The zero-order chi connectivity index (χ0) is 9.68. The molecular formula is C11H23ClN2. The molecule has 1 aliphatic heterocycles. The fourth-order valence-electron chi connectivity index (χ4n) is 1.85. The molecule has 1 rings (SSSR count). The van der Waals surface area contributed by atoms with E-state index in [1.54, 1.807) is 0 Å². The van der Waals surface area contributed by atoms with Gasteiger partial charge in [-0.15, -0.1) is 12.4 Å². The topological polar surface area (TPSA) is 38.4 Å². The van der Waals surface area contributed by atoms with Crippen LogP contribution in [-0.2, 0) is 0 Å². The minimum atomic E-state index is 0. The zero-order valence-electron chi connectivity index (χ0n) is 9.33. The summed E-state index contributed by atoms with van der Waals surface area (Å²) >= 11 is 0. The lowest BCUT2D eigenvalue weighted by Gasteiger charge is -2.15. The fourth-order valence-corrected chi connectivity index (χ4v) is 1.85. The molecule has 0 bridgehead atoms. The largest absolute Gasteiger partial charge is 0.387 e. The Morgan fingerprint density at radius 1 is 1.50 bits per heavy atom. The summed E-state index contributed by atoms with van der Waals surface area (Å²) in [7, 11) is 0. The minimum absolute atomic E-state index is 0. The lowest BCUT2D eigenvalue weighted by Crippen LogP contribution is -2.15. The summed E-state index contributed by atoms with van der Waals surface area (Å²) in [5.74, 6) is 1.67. The van der Waals surface area contributed by atoms with Gasteiger partial charge in [0.05, 0.1) is 11.9 Å². The number of amidine groups is 1. The molecule has 84 valence electrons. The van der Waals surface area contributed by atoms with Gasteiger partial charge in [0.2, 0.25) is 0 Å². The van der Waals surface area contributed by atoms with E-state index in [4.69, 9.17) is 5.73 Å². The predicted octanol–water partition coefficient (Wildman–Crippen LogP) is 3.14. The van der Waals surface area contributed by atoms with E-state index in [0.717, 1.165) is 18.2 Å². The molecule has 14 heavy (non-hydrogen) atoms. The molecule has 0 aromatic rings. The van der Waals surface area contributed by atoms with Gasteiger partial charge in [-0.25, -0.2) is 0 Å². The first-order chi connectivity index (χ1) is 6.22. The first-order valence-corrected chi connectivity index (χ1v) is 5.54. The third kappa shape index (κ3) is 4.85. The summed E-state index contributed by atoms with van der Waals surface area (Å²) in [6, 6.07) is 0.512. The van der Waals surface area contributed by atoms with Crippen molar-refractivity contribution in [3.8, 4) is 0 Å². The van der Waals surface area contributed by atoms with Crippen molar-refractivity contribution < 1.29 is 0 Å². The molecule has 1 aliphatic rings. The second-order valence-corrected chi connectivity index (χ2v) is 4.27. The van der Waals surface area contributed by atoms with Crippen LogP contribution in [0.3, 0.4) is 0 Å². The smallest absolute Gasteiger partial charge is 0.0940 e. The summed E-state index contributed by atoms with van der Waals surface area (Å²) in [6.45, 7) is 4.55. The third-order valence-corrected chi connectivity index (χ3v) is 2.94. The molecule has 0 radical (unpaired) electrons. The van der Waals surface area contributed by atoms with Crippen LogP contribution in [0, 0.1) is 5.92 Å². The Morgan fingerprint density at radius 3 is 2.86 bits per heavy atom. The van der Waals surface area contributed by atoms with Crippen molar-refractivity contribution in [1.29, 1.82) is 0 Å². The molecule has 3 heteroatoms. The van der Waals surface area contributed by atoms with Crippen LogP contribution in [0.1, 0.15) is 52.4 Å². The first-order valence-electron chi connectivity index (χ1n) is 5.54. The first kappa shape index (κ1) is 13.8. The molecule has 0 saturated heterocycles. The lowest BCUT2D eigenvalue weighted by atomic mass is 9.97. The van der Waals surface area contributed by atoms with Gasteiger partial charge in [0.1, 0.15) is 0 Å². The average Bonchev–Trinajstić information content (AvgIpc) is 2.30. The van der Waals surface area contributed by atoms with Gasteiger partial charge in [0.25, 0.3) is 0 Å². The number of halogens is 1. The highest BCUT2D eigenvalue weighted by Crippen LogP contribution is 2.20. The summed E-state index contributed by atoms with van der Waals surface area (Å²) < 4.78 is 0. The molecule has 0 aromatic carbocycles. The maximum absolute atomic E-state index is 5.79. The van der Waals surface area contributed by atoms with Gasteiger partial charge in [-0.3, -0.25) is 4.99 Å². The molecule has 2 atom stereocenters. The van der Waals surface area contributed by atoms with Gasteiger partial charge in [0, 0.05) is 6.42 Å². The van der Waals surface area contributed by atoms with Crippen molar-refractivity contribution in [2.75, 3.05) is 0 Å². The van der Waals surface area contributed by atoms with Crippen LogP contribution in [0.5, 0.6) is 0 Å². The molecule has 2 nitrogen and oxygen atoms in total. The second-order valence-electron chi connectivity index (χ2n) is 4.27. The Bertz CT molecular complexity index is 180. The van der Waals surface area contributed by atoms with E-state index < -0.39 is 0 Å². The van der Waals surface area contributed by atoms with E-state index in [9.17, 15) is 0 Å². The van der Waals surface area contributed by atoms with Crippen molar-refractivity contribution in [3.63, 3.8) is 0 Å². The Kier molecular flexibility index (Phi) is 6.98. The molecule has 0 saturated carbocycles. The van der Waals surface area contributed by atoms with Gasteiger partial charge in [-0.2, -0.15) is 0 Å². The van der Waals surface area contributed by atoms with E-state index >= 15 is 0 Å². The molecule has 0 amide bonds. The summed E-state index contributed by atoms with van der Waals surface area (Å²) in [4.78, 5) is 4.56. The fraction of sp³-hybridized carbons (Fsp3) is 0.909. The minimum Gasteiger partial charge on any atom is -0.387 e. The van der Waals surface area contributed by atoms with Crippen LogP contribution in [0.25, 0.3) is 0 Å². The van der Waals surface area contributed by atoms with Gasteiger partial charge in [0.15, 0.2) is 0 Å². The quantitative estimate of drug-likeness (QED) is 0.777. The summed E-state index contributed by atoms with van der Waals surface area (Å²) in [5, 5.41) is 0. The monoisotopic (exact) mass is 218 g/mol. The zero-order valence-corrected chi connectivity index (χ0v) is 10.1. The summed E-state index contributed by atoms with van der Waals surface area (Å²) in [5.41, 5.74) is 5.79. The van der Waals surface area contributed by atoms with Crippen LogP contribution in [0.2, 0.25) is 0 Å². The van der Waals surface area contributed by atoms with Crippen molar-refractivity contribution in [3.05, 3.63) is 0 Å². The van der Waals surface area contributed by atoms with Crippen LogP contribution in [0.15, 0.2) is 4.99 Å². The molecule has 0 spiro atoms. The van der Waals surface area contributed by atoms with E-state index in [1.165, 1.54) is 32.1 Å². The normalized spacial score (nSPS) is 24.4.